The third-order valence-electron chi connectivity index (χ3n) is 3.71. The Kier molecular flexibility index (Phi) is 3.89. The second-order valence-corrected chi connectivity index (χ2v) is 5.26. The van der Waals surface area contributed by atoms with Gasteiger partial charge in [0.25, 0.3) is 11.7 Å². The molecule has 2 aromatic heterocycles. The van der Waals surface area contributed by atoms with Crippen LogP contribution in [0.5, 0.6) is 5.75 Å². The first-order valence-electron chi connectivity index (χ1n) is 7.18. The average molecular weight is 311 g/mol. The number of aromatic nitrogens is 2. The summed E-state index contributed by atoms with van der Waals surface area (Å²) in [4.78, 5) is 27.2. The van der Waals surface area contributed by atoms with Crippen LogP contribution in [0.2, 0.25) is 0 Å². The molecule has 23 heavy (non-hydrogen) atoms. The molecule has 1 amide bonds. The quantitative estimate of drug-likeness (QED) is 0.559. The number of rotatable bonds is 5. The third kappa shape index (κ3) is 2.96. The summed E-state index contributed by atoms with van der Waals surface area (Å²) in [7, 11) is 3.34. The van der Waals surface area contributed by atoms with Crippen molar-refractivity contribution in [3.05, 3.63) is 54.0 Å². The van der Waals surface area contributed by atoms with E-state index in [1.807, 2.05) is 24.3 Å². The SMILES string of the molecule is COc1ccc2[nH]c(CNC(=O)C(=O)c3cccn3C)cc2c1. The zero-order chi connectivity index (χ0) is 16.4. The monoisotopic (exact) mass is 311 g/mol. The molecule has 0 fully saturated rings. The molecule has 0 saturated carbocycles. The van der Waals surface area contributed by atoms with Crippen molar-refractivity contribution >= 4 is 22.6 Å². The van der Waals surface area contributed by atoms with E-state index >= 15 is 0 Å². The van der Waals surface area contributed by atoms with Crippen molar-refractivity contribution in [3.8, 4) is 5.75 Å². The molecule has 0 saturated heterocycles. The number of hydrogen-bond acceptors (Lipinski definition) is 3. The van der Waals surface area contributed by atoms with Crippen LogP contribution in [0.4, 0.5) is 0 Å². The lowest BCUT2D eigenvalue weighted by Gasteiger charge is -2.04. The van der Waals surface area contributed by atoms with Crippen LogP contribution in [0.1, 0.15) is 16.2 Å². The molecule has 0 unspecified atom stereocenters. The maximum Gasteiger partial charge on any atom is 0.294 e. The van der Waals surface area contributed by atoms with Crippen molar-refractivity contribution in [1.29, 1.82) is 0 Å². The van der Waals surface area contributed by atoms with Gasteiger partial charge < -0.3 is 19.6 Å². The number of Topliss-reactive ketones (excluding diaryl/α,β-unsaturated/α-hetero) is 1. The zero-order valence-corrected chi connectivity index (χ0v) is 12.9. The fraction of sp³-hybridized carbons (Fsp3) is 0.176. The van der Waals surface area contributed by atoms with E-state index in [0.29, 0.717) is 5.69 Å². The maximum absolute atomic E-state index is 12.0. The van der Waals surface area contributed by atoms with E-state index in [-0.39, 0.29) is 6.54 Å². The number of H-pyrrole nitrogens is 1. The predicted octanol–water partition coefficient (Wildman–Crippen LogP) is 2.01. The molecule has 0 bridgehead atoms. The lowest BCUT2D eigenvalue weighted by Crippen LogP contribution is -2.31. The molecular formula is C17H17N3O3. The fourth-order valence-electron chi connectivity index (χ4n) is 2.46. The molecule has 2 N–H and O–H groups in total. The molecule has 0 aliphatic carbocycles. The minimum Gasteiger partial charge on any atom is -0.497 e. The first-order valence-corrected chi connectivity index (χ1v) is 7.18. The number of carbonyl (C=O) groups is 2. The molecule has 3 rings (SSSR count). The topological polar surface area (TPSA) is 76.1 Å². The van der Waals surface area contributed by atoms with Crippen molar-refractivity contribution < 1.29 is 14.3 Å². The van der Waals surface area contributed by atoms with E-state index in [1.165, 1.54) is 0 Å². The van der Waals surface area contributed by atoms with Crippen LogP contribution in [0.3, 0.4) is 0 Å². The summed E-state index contributed by atoms with van der Waals surface area (Å²) in [5.74, 6) is -0.399. The van der Waals surface area contributed by atoms with Crippen molar-refractivity contribution in [2.45, 2.75) is 6.54 Å². The average Bonchev–Trinajstić information content (AvgIpc) is 3.16. The Labute approximate surface area is 133 Å². The van der Waals surface area contributed by atoms with E-state index in [2.05, 4.69) is 10.3 Å². The van der Waals surface area contributed by atoms with Gasteiger partial charge in [0.15, 0.2) is 0 Å². The van der Waals surface area contributed by atoms with Gasteiger partial charge in [-0.2, -0.15) is 0 Å². The molecule has 1 aromatic carbocycles. The third-order valence-corrected chi connectivity index (χ3v) is 3.71. The van der Waals surface area contributed by atoms with Crippen LogP contribution >= 0.6 is 0 Å². The molecule has 118 valence electrons. The Balaban J connectivity index is 1.69. The highest BCUT2D eigenvalue weighted by molar-refractivity contribution is 6.42. The Morgan fingerprint density at radius 2 is 2.09 bits per heavy atom. The van der Waals surface area contributed by atoms with Crippen LogP contribution in [-0.4, -0.2) is 28.4 Å². The number of benzene rings is 1. The normalized spacial score (nSPS) is 10.7. The summed E-state index contributed by atoms with van der Waals surface area (Å²) in [5.41, 5.74) is 2.13. The van der Waals surface area contributed by atoms with Gasteiger partial charge in [0.2, 0.25) is 0 Å². The molecule has 0 atom stereocenters. The fourth-order valence-corrected chi connectivity index (χ4v) is 2.46. The molecule has 0 radical (unpaired) electrons. The maximum atomic E-state index is 12.0. The summed E-state index contributed by atoms with van der Waals surface area (Å²) in [5, 5.41) is 3.63. The first kappa shape index (κ1) is 14.9. The van der Waals surface area contributed by atoms with Crippen LogP contribution in [0.15, 0.2) is 42.6 Å². The molecule has 3 aromatic rings. The number of ether oxygens (including phenoxy) is 1. The molecular weight excluding hydrogens is 294 g/mol. The number of aromatic amines is 1. The number of amides is 1. The van der Waals surface area contributed by atoms with E-state index in [1.54, 1.807) is 37.1 Å². The Bertz CT molecular complexity index is 876. The second kappa shape index (κ2) is 6.00. The van der Waals surface area contributed by atoms with Gasteiger partial charge >= 0.3 is 0 Å². The van der Waals surface area contributed by atoms with Gasteiger partial charge in [0.1, 0.15) is 5.75 Å². The van der Waals surface area contributed by atoms with Gasteiger partial charge in [0.05, 0.1) is 19.3 Å². The first-order chi connectivity index (χ1) is 11.1. The van der Waals surface area contributed by atoms with E-state index in [9.17, 15) is 9.59 Å². The van der Waals surface area contributed by atoms with E-state index in [0.717, 1.165) is 22.3 Å². The molecule has 2 heterocycles. The minimum absolute atomic E-state index is 0.256. The number of fused-ring (bicyclic) bond motifs is 1. The number of nitrogens with zero attached hydrogens (tertiary/aromatic N) is 1. The lowest BCUT2D eigenvalue weighted by molar-refractivity contribution is -0.117. The van der Waals surface area contributed by atoms with Crippen LogP contribution in [-0.2, 0) is 18.4 Å². The van der Waals surface area contributed by atoms with Gasteiger partial charge in [-0.25, -0.2) is 0 Å². The smallest absolute Gasteiger partial charge is 0.294 e. The number of nitrogens with one attached hydrogen (secondary N) is 2. The number of hydrogen-bond donors (Lipinski definition) is 2. The highest BCUT2D eigenvalue weighted by Crippen LogP contribution is 2.21. The molecule has 0 aliphatic rings. The van der Waals surface area contributed by atoms with Crippen molar-refractivity contribution in [3.63, 3.8) is 0 Å². The van der Waals surface area contributed by atoms with E-state index in [4.69, 9.17) is 4.74 Å². The lowest BCUT2D eigenvalue weighted by atomic mass is 10.2. The minimum atomic E-state index is -0.622. The Hall–Kier alpha value is -3.02. The Morgan fingerprint density at radius 1 is 1.26 bits per heavy atom. The summed E-state index contributed by atoms with van der Waals surface area (Å²) >= 11 is 0. The number of methoxy groups -OCH3 is 1. The van der Waals surface area contributed by atoms with Crippen LogP contribution < -0.4 is 10.1 Å². The standard InChI is InChI=1S/C17H17N3O3/c1-20-7-3-4-15(20)16(21)17(22)18-10-12-8-11-9-13(23-2)5-6-14(11)19-12/h3-9,19H,10H2,1-2H3,(H,18,22). The number of carbonyl (C=O) groups excluding carboxylic acids is 2. The summed E-state index contributed by atoms with van der Waals surface area (Å²) < 4.78 is 6.81. The van der Waals surface area contributed by atoms with Crippen molar-refractivity contribution in [1.82, 2.24) is 14.9 Å². The molecule has 0 aliphatic heterocycles. The number of ketones is 1. The van der Waals surface area contributed by atoms with Crippen molar-refractivity contribution in [2.75, 3.05) is 7.11 Å². The van der Waals surface area contributed by atoms with Gasteiger partial charge in [-0.15, -0.1) is 0 Å². The highest BCUT2D eigenvalue weighted by Gasteiger charge is 2.18. The predicted molar refractivity (Wildman–Crippen MR) is 86.4 cm³/mol. The van der Waals surface area contributed by atoms with Gasteiger partial charge in [-0.3, -0.25) is 9.59 Å². The number of aryl methyl sites for hydroxylation is 1. The van der Waals surface area contributed by atoms with Crippen LogP contribution in [0, 0.1) is 0 Å². The molecule has 0 spiro atoms. The molecule has 6 nitrogen and oxygen atoms in total. The Morgan fingerprint density at radius 3 is 2.78 bits per heavy atom. The molecule has 6 heteroatoms. The van der Waals surface area contributed by atoms with Crippen molar-refractivity contribution in [2.24, 2.45) is 7.05 Å². The highest BCUT2D eigenvalue weighted by atomic mass is 16.5. The summed E-state index contributed by atoms with van der Waals surface area (Å²) in [6.07, 6.45) is 1.73. The van der Waals surface area contributed by atoms with Gasteiger partial charge in [-0.05, 0) is 36.4 Å². The zero-order valence-electron chi connectivity index (χ0n) is 12.9. The largest absolute Gasteiger partial charge is 0.497 e. The summed E-state index contributed by atoms with van der Waals surface area (Å²) in [6, 6.07) is 11.0. The van der Waals surface area contributed by atoms with Gasteiger partial charge in [-0.1, -0.05) is 0 Å². The van der Waals surface area contributed by atoms with E-state index < -0.39 is 11.7 Å². The second-order valence-electron chi connectivity index (χ2n) is 5.26. The summed E-state index contributed by atoms with van der Waals surface area (Å²) in [6.45, 7) is 0.256. The van der Waals surface area contributed by atoms with Gasteiger partial charge in [0, 0.05) is 29.8 Å². The van der Waals surface area contributed by atoms with Crippen LogP contribution in [0.25, 0.3) is 10.9 Å².